The third-order valence-corrected chi connectivity index (χ3v) is 4.92. The summed E-state index contributed by atoms with van der Waals surface area (Å²) in [6.07, 6.45) is 6.50. The van der Waals surface area contributed by atoms with Crippen LogP contribution in [0.4, 0.5) is 0 Å². The van der Waals surface area contributed by atoms with E-state index >= 15 is 0 Å². The Balaban J connectivity index is 1.64. The van der Waals surface area contributed by atoms with Crippen LogP contribution in [0.25, 0.3) is 0 Å². The van der Waals surface area contributed by atoms with Crippen LogP contribution in [0.1, 0.15) is 39.0 Å². The van der Waals surface area contributed by atoms with Gasteiger partial charge in [0.05, 0.1) is 6.54 Å². The Kier molecular flexibility index (Phi) is 4.85. The average Bonchev–Trinajstić information content (AvgIpc) is 3.18. The molecule has 1 heterocycles. The average molecular weight is 267 g/mol. The van der Waals surface area contributed by atoms with Crippen LogP contribution in [0.5, 0.6) is 0 Å². The molecule has 110 valence electrons. The highest BCUT2D eigenvalue weighted by atomic mass is 16.2. The summed E-state index contributed by atoms with van der Waals surface area (Å²) in [6, 6.07) is 0.662. The lowest BCUT2D eigenvalue weighted by Gasteiger charge is -2.33. The topological polar surface area (TPSA) is 35.6 Å². The lowest BCUT2D eigenvalue weighted by Crippen LogP contribution is -2.46. The summed E-state index contributed by atoms with van der Waals surface area (Å²) in [4.78, 5) is 15.6. The zero-order valence-corrected chi connectivity index (χ0v) is 12.7. The minimum atomic E-state index is 0.217. The predicted molar refractivity (Wildman–Crippen MR) is 78.1 cm³/mol. The number of likely N-dealkylation sites (N-methyl/N-ethyl adjacent to an activating group) is 1. The molecule has 0 bridgehead atoms. The first-order chi connectivity index (χ1) is 9.04. The molecular weight excluding hydrogens is 238 g/mol. The molecule has 0 spiro atoms. The van der Waals surface area contributed by atoms with Crippen molar-refractivity contribution in [2.24, 2.45) is 5.41 Å². The van der Waals surface area contributed by atoms with Gasteiger partial charge >= 0.3 is 0 Å². The number of rotatable bonds is 6. The molecule has 1 saturated carbocycles. The van der Waals surface area contributed by atoms with E-state index in [4.69, 9.17) is 0 Å². The highest BCUT2D eigenvalue weighted by Gasteiger charge is 2.40. The molecule has 2 fully saturated rings. The fourth-order valence-corrected chi connectivity index (χ4v) is 2.82. The Morgan fingerprint density at radius 1 is 1.32 bits per heavy atom. The van der Waals surface area contributed by atoms with Gasteiger partial charge in [-0.15, -0.1) is 0 Å². The van der Waals surface area contributed by atoms with Crippen LogP contribution < -0.4 is 5.32 Å². The molecule has 0 aromatic rings. The third-order valence-electron chi connectivity index (χ3n) is 4.92. The van der Waals surface area contributed by atoms with Gasteiger partial charge in [0, 0.05) is 39.8 Å². The molecule has 1 amide bonds. The van der Waals surface area contributed by atoms with Crippen LogP contribution in [-0.2, 0) is 4.79 Å². The molecule has 1 N–H and O–H groups in total. The summed E-state index contributed by atoms with van der Waals surface area (Å²) in [5.41, 5.74) is 0.637. The Morgan fingerprint density at radius 2 is 1.95 bits per heavy atom. The molecule has 0 unspecified atom stereocenters. The monoisotopic (exact) mass is 267 g/mol. The number of carbonyl (C=O) groups is 1. The van der Waals surface area contributed by atoms with E-state index in [0.717, 1.165) is 13.1 Å². The van der Waals surface area contributed by atoms with E-state index in [1.54, 1.807) is 4.90 Å². The lowest BCUT2D eigenvalue weighted by atomic mass is 10.0. The van der Waals surface area contributed by atoms with Crippen molar-refractivity contribution in [3.63, 3.8) is 0 Å². The summed E-state index contributed by atoms with van der Waals surface area (Å²) in [7, 11) is 3.66. The van der Waals surface area contributed by atoms with Crippen molar-refractivity contribution in [3.05, 3.63) is 0 Å². The molecule has 4 heteroatoms. The van der Waals surface area contributed by atoms with Gasteiger partial charge in [0.25, 0.3) is 0 Å². The van der Waals surface area contributed by atoms with Gasteiger partial charge in [0.15, 0.2) is 0 Å². The van der Waals surface area contributed by atoms with E-state index in [2.05, 4.69) is 17.1 Å². The maximum atomic E-state index is 11.7. The Labute approximate surface area is 117 Å². The second-order valence-corrected chi connectivity index (χ2v) is 6.57. The molecule has 2 rings (SSSR count). The number of hydrogen-bond acceptors (Lipinski definition) is 3. The van der Waals surface area contributed by atoms with Crippen molar-refractivity contribution in [1.29, 1.82) is 0 Å². The summed E-state index contributed by atoms with van der Waals surface area (Å²) >= 11 is 0. The smallest absolute Gasteiger partial charge is 0.236 e. The van der Waals surface area contributed by atoms with Crippen LogP contribution >= 0.6 is 0 Å². The van der Waals surface area contributed by atoms with E-state index in [1.165, 1.54) is 38.6 Å². The van der Waals surface area contributed by atoms with Gasteiger partial charge in [-0.2, -0.15) is 0 Å². The number of likely N-dealkylation sites (tertiary alicyclic amines) is 1. The maximum Gasteiger partial charge on any atom is 0.236 e. The Bertz CT molecular complexity index is 305. The highest BCUT2D eigenvalue weighted by Crippen LogP contribution is 2.48. The fourth-order valence-electron chi connectivity index (χ4n) is 2.82. The van der Waals surface area contributed by atoms with Crippen molar-refractivity contribution in [2.45, 2.75) is 45.1 Å². The van der Waals surface area contributed by atoms with Gasteiger partial charge in [-0.05, 0) is 37.5 Å². The summed E-state index contributed by atoms with van der Waals surface area (Å²) in [6.45, 7) is 6.19. The van der Waals surface area contributed by atoms with E-state index in [1.807, 2.05) is 14.1 Å². The lowest BCUT2D eigenvalue weighted by molar-refractivity contribution is -0.130. The zero-order chi connectivity index (χ0) is 13.9. The number of amides is 1. The van der Waals surface area contributed by atoms with Crippen molar-refractivity contribution in [1.82, 2.24) is 15.1 Å². The van der Waals surface area contributed by atoms with Gasteiger partial charge < -0.3 is 10.2 Å². The first kappa shape index (κ1) is 14.8. The molecule has 1 aliphatic carbocycles. The van der Waals surface area contributed by atoms with Crippen molar-refractivity contribution in [3.8, 4) is 0 Å². The number of nitrogens with one attached hydrogen (secondary N) is 1. The molecule has 19 heavy (non-hydrogen) atoms. The summed E-state index contributed by atoms with van der Waals surface area (Å²) < 4.78 is 0. The van der Waals surface area contributed by atoms with Crippen LogP contribution in [0, 0.1) is 5.41 Å². The molecule has 0 atom stereocenters. The number of carbonyl (C=O) groups excluding carboxylic acids is 1. The molecule has 2 aliphatic rings. The van der Waals surface area contributed by atoms with Crippen molar-refractivity contribution < 1.29 is 4.79 Å². The number of piperidine rings is 1. The molecule has 0 aromatic heterocycles. The maximum absolute atomic E-state index is 11.7. The predicted octanol–water partition coefficient (Wildman–Crippen LogP) is 1.32. The SMILES string of the molecule is CCC1(CNC2CCN(CC(=O)N(C)C)CC2)CC1. The van der Waals surface area contributed by atoms with Crippen LogP contribution in [0.3, 0.4) is 0 Å². The minimum absolute atomic E-state index is 0.217. The summed E-state index contributed by atoms with van der Waals surface area (Å²) in [5, 5.41) is 3.75. The molecule has 4 nitrogen and oxygen atoms in total. The van der Waals surface area contributed by atoms with Crippen molar-refractivity contribution >= 4 is 5.91 Å². The Hall–Kier alpha value is -0.610. The second kappa shape index (κ2) is 6.23. The largest absolute Gasteiger partial charge is 0.348 e. The highest BCUT2D eigenvalue weighted by molar-refractivity contribution is 5.77. The quantitative estimate of drug-likeness (QED) is 0.788. The first-order valence-electron chi connectivity index (χ1n) is 7.70. The second-order valence-electron chi connectivity index (χ2n) is 6.57. The normalized spacial score (nSPS) is 23.3. The van der Waals surface area contributed by atoms with Gasteiger partial charge in [0.2, 0.25) is 5.91 Å². The van der Waals surface area contributed by atoms with Gasteiger partial charge in [-0.25, -0.2) is 0 Å². The van der Waals surface area contributed by atoms with E-state index in [-0.39, 0.29) is 5.91 Å². The van der Waals surface area contributed by atoms with Gasteiger partial charge in [-0.3, -0.25) is 9.69 Å². The van der Waals surface area contributed by atoms with E-state index in [9.17, 15) is 4.79 Å². The third kappa shape index (κ3) is 4.18. The van der Waals surface area contributed by atoms with Crippen molar-refractivity contribution in [2.75, 3.05) is 40.3 Å². The minimum Gasteiger partial charge on any atom is -0.348 e. The van der Waals surface area contributed by atoms with Crippen LogP contribution in [0.15, 0.2) is 0 Å². The standard InChI is InChI=1S/C15H29N3O/c1-4-15(7-8-15)12-16-13-5-9-18(10-6-13)11-14(19)17(2)3/h13,16H,4-12H2,1-3H3. The number of hydrogen-bond donors (Lipinski definition) is 1. The zero-order valence-electron chi connectivity index (χ0n) is 12.7. The fraction of sp³-hybridized carbons (Fsp3) is 0.933. The molecule has 0 radical (unpaired) electrons. The van der Waals surface area contributed by atoms with Crippen LogP contribution in [0.2, 0.25) is 0 Å². The van der Waals surface area contributed by atoms with E-state index < -0.39 is 0 Å². The van der Waals surface area contributed by atoms with Gasteiger partial charge in [0.1, 0.15) is 0 Å². The first-order valence-corrected chi connectivity index (χ1v) is 7.70. The molecule has 0 aromatic carbocycles. The van der Waals surface area contributed by atoms with Gasteiger partial charge in [-0.1, -0.05) is 6.92 Å². The van der Waals surface area contributed by atoms with E-state index in [0.29, 0.717) is 18.0 Å². The Morgan fingerprint density at radius 3 is 2.42 bits per heavy atom. The molecular formula is C15H29N3O. The number of nitrogens with zero attached hydrogens (tertiary/aromatic N) is 2. The summed E-state index contributed by atoms with van der Waals surface area (Å²) in [5.74, 6) is 0.217. The van der Waals surface area contributed by atoms with Crippen LogP contribution in [-0.4, -0.2) is 62.0 Å². The molecule has 1 aliphatic heterocycles. The molecule has 1 saturated heterocycles.